The molecule has 0 aromatic carbocycles. The van der Waals surface area contributed by atoms with E-state index in [1.807, 2.05) is 14.0 Å². The van der Waals surface area contributed by atoms with E-state index in [9.17, 15) is 0 Å². The van der Waals surface area contributed by atoms with Crippen LogP contribution >= 0.6 is 12.2 Å². The first-order valence-electron chi connectivity index (χ1n) is 6.09. The fourth-order valence-corrected chi connectivity index (χ4v) is 1.54. The van der Waals surface area contributed by atoms with Crippen molar-refractivity contribution in [3.63, 3.8) is 0 Å². The van der Waals surface area contributed by atoms with Crippen molar-refractivity contribution in [3.8, 4) is 0 Å². The number of thiocarbonyl (C=S) groups is 1. The largest absolute Gasteiger partial charge is 0.382 e. The van der Waals surface area contributed by atoms with Gasteiger partial charge in [-0.3, -0.25) is 0 Å². The van der Waals surface area contributed by atoms with E-state index in [0.717, 1.165) is 31.3 Å². The Kier molecular flexibility index (Phi) is 8.57. The molecule has 16 heavy (non-hydrogen) atoms. The summed E-state index contributed by atoms with van der Waals surface area (Å²) in [6, 6.07) is 0.465. The van der Waals surface area contributed by atoms with E-state index >= 15 is 0 Å². The molecule has 0 aliphatic heterocycles. The number of hydrogen-bond donors (Lipinski definition) is 1. The molecule has 0 saturated carbocycles. The third kappa shape index (κ3) is 6.28. The van der Waals surface area contributed by atoms with Crippen LogP contribution in [0, 0.1) is 5.92 Å². The van der Waals surface area contributed by atoms with Crippen molar-refractivity contribution in [2.75, 3.05) is 26.8 Å². The van der Waals surface area contributed by atoms with Gasteiger partial charge in [0.2, 0.25) is 0 Å². The number of hydrogen-bond acceptors (Lipinski definition) is 2. The highest BCUT2D eigenvalue weighted by molar-refractivity contribution is 7.80. The standard InChI is InChI=1S/C12H26N2OS/c1-6-15-9-7-8-13-12(16)14(5)11(4)10(2)3/h10-11H,6-9H2,1-5H3,(H,13,16). The number of rotatable bonds is 7. The van der Waals surface area contributed by atoms with Crippen LogP contribution in [0.1, 0.15) is 34.1 Å². The van der Waals surface area contributed by atoms with Crippen LogP contribution < -0.4 is 5.32 Å². The zero-order chi connectivity index (χ0) is 12.6. The van der Waals surface area contributed by atoms with E-state index in [1.54, 1.807) is 0 Å². The topological polar surface area (TPSA) is 24.5 Å². The molecule has 96 valence electrons. The molecule has 0 aromatic rings. The summed E-state index contributed by atoms with van der Waals surface area (Å²) < 4.78 is 5.26. The van der Waals surface area contributed by atoms with Crippen molar-refractivity contribution in [3.05, 3.63) is 0 Å². The zero-order valence-electron chi connectivity index (χ0n) is 11.2. The molecular weight excluding hydrogens is 220 g/mol. The summed E-state index contributed by atoms with van der Waals surface area (Å²) in [5, 5.41) is 4.09. The predicted octanol–water partition coefficient (Wildman–Crippen LogP) is 2.26. The molecule has 0 aromatic heterocycles. The maximum Gasteiger partial charge on any atom is 0.168 e. The van der Waals surface area contributed by atoms with Crippen molar-refractivity contribution in [1.29, 1.82) is 0 Å². The first-order valence-corrected chi connectivity index (χ1v) is 6.49. The second-order valence-electron chi connectivity index (χ2n) is 4.38. The van der Waals surface area contributed by atoms with E-state index in [0.29, 0.717) is 12.0 Å². The Labute approximate surface area is 106 Å². The van der Waals surface area contributed by atoms with Crippen molar-refractivity contribution in [2.45, 2.75) is 40.2 Å². The highest BCUT2D eigenvalue weighted by Gasteiger charge is 2.14. The lowest BCUT2D eigenvalue weighted by Gasteiger charge is -2.30. The minimum atomic E-state index is 0.465. The second kappa shape index (κ2) is 8.76. The van der Waals surface area contributed by atoms with Crippen LogP contribution in [0.4, 0.5) is 0 Å². The SMILES string of the molecule is CCOCCCNC(=S)N(C)C(C)C(C)C. The predicted molar refractivity (Wildman–Crippen MR) is 73.8 cm³/mol. The average molecular weight is 246 g/mol. The maximum atomic E-state index is 5.32. The van der Waals surface area contributed by atoms with Crippen LogP contribution in [0.5, 0.6) is 0 Å². The molecule has 0 aliphatic rings. The van der Waals surface area contributed by atoms with Gasteiger partial charge >= 0.3 is 0 Å². The summed E-state index contributed by atoms with van der Waals surface area (Å²) in [5.41, 5.74) is 0. The van der Waals surface area contributed by atoms with E-state index < -0.39 is 0 Å². The second-order valence-corrected chi connectivity index (χ2v) is 4.76. The Morgan fingerprint density at radius 1 is 1.38 bits per heavy atom. The molecule has 0 radical (unpaired) electrons. The molecule has 0 spiro atoms. The van der Waals surface area contributed by atoms with Crippen LogP contribution in [0.3, 0.4) is 0 Å². The number of ether oxygens (including phenoxy) is 1. The van der Waals surface area contributed by atoms with E-state index in [1.165, 1.54) is 0 Å². The summed E-state index contributed by atoms with van der Waals surface area (Å²) >= 11 is 5.32. The summed E-state index contributed by atoms with van der Waals surface area (Å²) in [4.78, 5) is 2.13. The van der Waals surface area contributed by atoms with Gasteiger partial charge in [-0.2, -0.15) is 0 Å². The van der Waals surface area contributed by atoms with Crippen molar-refractivity contribution < 1.29 is 4.74 Å². The van der Waals surface area contributed by atoms with Crippen molar-refractivity contribution >= 4 is 17.3 Å². The molecule has 0 heterocycles. The summed E-state index contributed by atoms with van der Waals surface area (Å²) in [6.45, 7) is 11.1. The van der Waals surface area contributed by atoms with E-state index in [2.05, 4.69) is 31.0 Å². The fourth-order valence-electron chi connectivity index (χ4n) is 1.27. The molecule has 1 unspecified atom stereocenters. The molecule has 0 bridgehead atoms. The highest BCUT2D eigenvalue weighted by atomic mass is 32.1. The Balaban J connectivity index is 3.71. The van der Waals surface area contributed by atoms with Gasteiger partial charge in [0, 0.05) is 32.8 Å². The lowest BCUT2D eigenvalue weighted by atomic mass is 10.1. The zero-order valence-corrected chi connectivity index (χ0v) is 12.1. The lowest BCUT2D eigenvalue weighted by molar-refractivity contribution is 0.145. The van der Waals surface area contributed by atoms with Gasteiger partial charge in [0.05, 0.1) is 0 Å². The lowest BCUT2D eigenvalue weighted by Crippen LogP contribution is -2.44. The van der Waals surface area contributed by atoms with Crippen LogP contribution in [0.15, 0.2) is 0 Å². The third-order valence-electron chi connectivity index (χ3n) is 2.84. The van der Waals surface area contributed by atoms with E-state index in [-0.39, 0.29) is 0 Å². The van der Waals surface area contributed by atoms with Gasteiger partial charge < -0.3 is 15.0 Å². The Bertz CT molecular complexity index is 197. The quantitative estimate of drug-likeness (QED) is 0.550. The molecule has 4 heteroatoms. The van der Waals surface area contributed by atoms with Crippen molar-refractivity contribution in [2.24, 2.45) is 5.92 Å². The van der Waals surface area contributed by atoms with E-state index in [4.69, 9.17) is 17.0 Å². The van der Waals surface area contributed by atoms with Crippen LogP contribution in [0.2, 0.25) is 0 Å². The first-order chi connectivity index (χ1) is 7.50. The van der Waals surface area contributed by atoms with Gasteiger partial charge in [-0.15, -0.1) is 0 Å². The van der Waals surface area contributed by atoms with Gasteiger partial charge in [0.15, 0.2) is 5.11 Å². The summed E-state index contributed by atoms with van der Waals surface area (Å²) in [5.74, 6) is 0.605. The molecule has 0 fully saturated rings. The average Bonchev–Trinajstić information content (AvgIpc) is 2.26. The molecule has 0 rings (SSSR count). The fraction of sp³-hybridized carbons (Fsp3) is 0.917. The minimum Gasteiger partial charge on any atom is -0.382 e. The van der Waals surface area contributed by atoms with Gasteiger partial charge in [0.1, 0.15) is 0 Å². The Morgan fingerprint density at radius 3 is 2.50 bits per heavy atom. The molecule has 1 atom stereocenters. The van der Waals surface area contributed by atoms with Crippen LogP contribution in [-0.2, 0) is 4.74 Å². The monoisotopic (exact) mass is 246 g/mol. The molecule has 0 saturated heterocycles. The molecule has 0 amide bonds. The van der Waals surface area contributed by atoms with Crippen LogP contribution in [-0.4, -0.2) is 42.9 Å². The normalized spacial score (nSPS) is 12.6. The third-order valence-corrected chi connectivity index (χ3v) is 3.27. The van der Waals surface area contributed by atoms with Gasteiger partial charge in [-0.1, -0.05) is 13.8 Å². The molecular formula is C12H26N2OS. The molecule has 1 N–H and O–H groups in total. The minimum absolute atomic E-state index is 0.465. The molecule has 3 nitrogen and oxygen atoms in total. The van der Waals surface area contributed by atoms with Gasteiger partial charge in [0.25, 0.3) is 0 Å². The number of nitrogens with one attached hydrogen (secondary N) is 1. The highest BCUT2D eigenvalue weighted by Crippen LogP contribution is 2.07. The summed E-state index contributed by atoms with van der Waals surface area (Å²) in [6.07, 6.45) is 0.998. The van der Waals surface area contributed by atoms with Gasteiger partial charge in [-0.25, -0.2) is 0 Å². The number of nitrogens with zero attached hydrogens (tertiary/aromatic N) is 1. The maximum absolute atomic E-state index is 5.32. The Morgan fingerprint density at radius 2 is 2.00 bits per heavy atom. The smallest absolute Gasteiger partial charge is 0.168 e. The van der Waals surface area contributed by atoms with Gasteiger partial charge in [-0.05, 0) is 38.4 Å². The summed E-state index contributed by atoms with van der Waals surface area (Å²) in [7, 11) is 2.04. The first kappa shape index (κ1) is 15.7. The molecule has 0 aliphatic carbocycles. The van der Waals surface area contributed by atoms with Crippen LogP contribution in [0.25, 0.3) is 0 Å². The Hall–Kier alpha value is -0.350. The van der Waals surface area contributed by atoms with Crippen molar-refractivity contribution in [1.82, 2.24) is 10.2 Å².